The Morgan fingerprint density at radius 3 is 2.58 bits per heavy atom. The number of hydrogen-bond donors (Lipinski definition) is 1. The molecular weight excluding hydrogens is 328 g/mol. The summed E-state index contributed by atoms with van der Waals surface area (Å²) >= 11 is 0. The number of amides is 1. The lowest BCUT2D eigenvalue weighted by Gasteiger charge is -2.17. The van der Waals surface area contributed by atoms with Crippen molar-refractivity contribution in [1.82, 2.24) is 9.88 Å². The van der Waals surface area contributed by atoms with E-state index in [0.29, 0.717) is 24.4 Å². The molecule has 2 aromatic rings. The van der Waals surface area contributed by atoms with Crippen LogP contribution in [0.3, 0.4) is 0 Å². The van der Waals surface area contributed by atoms with Crippen molar-refractivity contribution in [2.24, 2.45) is 0 Å². The van der Waals surface area contributed by atoms with Crippen LogP contribution in [0.5, 0.6) is 5.75 Å². The van der Waals surface area contributed by atoms with Crippen molar-refractivity contribution >= 4 is 5.91 Å². The highest BCUT2D eigenvalue weighted by molar-refractivity contribution is 5.98. The summed E-state index contributed by atoms with van der Waals surface area (Å²) in [5, 5.41) is 2.98. The number of carbonyl (C=O) groups is 1. The van der Waals surface area contributed by atoms with Crippen LogP contribution < -0.4 is 15.6 Å². The van der Waals surface area contributed by atoms with E-state index in [1.165, 1.54) is 18.7 Å². The first-order valence-electron chi connectivity index (χ1n) is 9.30. The van der Waals surface area contributed by atoms with Crippen molar-refractivity contribution in [2.45, 2.75) is 52.1 Å². The maximum absolute atomic E-state index is 12.9. The van der Waals surface area contributed by atoms with E-state index in [2.05, 4.69) is 24.4 Å². The zero-order valence-electron chi connectivity index (χ0n) is 15.5. The maximum atomic E-state index is 12.9. The number of methoxy groups -OCH3 is 1. The largest absolute Gasteiger partial charge is 0.496 e. The Kier molecular flexibility index (Phi) is 5.76. The minimum absolute atomic E-state index is 0.0922. The van der Waals surface area contributed by atoms with Crippen molar-refractivity contribution in [3.63, 3.8) is 0 Å². The third kappa shape index (κ3) is 3.82. The molecule has 3 rings (SSSR count). The zero-order valence-corrected chi connectivity index (χ0v) is 15.5. The minimum atomic E-state index is -0.188. The second-order valence-electron chi connectivity index (χ2n) is 6.69. The zero-order chi connectivity index (χ0) is 18.5. The normalized spacial score (nSPS) is 13.6. The van der Waals surface area contributed by atoms with Gasteiger partial charge in [0.15, 0.2) is 0 Å². The summed E-state index contributed by atoms with van der Waals surface area (Å²) in [6.07, 6.45) is 4.72. The number of hydrogen-bond acceptors (Lipinski definition) is 3. The van der Waals surface area contributed by atoms with Gasteiger partial charge >= 0.3 is 0 Å². The number of ether oxygens (including phenoxy) is 1. The van der Waals surface area contributed by atoms with Crippen molar-refractivity contribution in [2.75, 3.05) is 7.11 Å². The van der Waals surface area contributed by atoms with Gasteiger partial charge < -0.3 is 14.6 Å². The van der Waals surface area contributed by atoms with Gasteiger partial charge in [0, 0.05) is 24.8 Å². The fraction of sp³-hybridized carbons (Fsp3) is 0.429. The van der Waals surface area contributed by atoms with Crippen molar-refractivity contribution in [3.8, 4) is 5.75 Å². The van der Waals surface area contributed by atoms with Gasteiger partial charge in [0.2, 0.25) is 0 Å². The minimum Gasteiger partial charge on any atom is -0.496 e. The summed E-state index contributed by atoms with van der Waals surface area (Å²) in [6.45, 7) is 3.23. The molecule has 0 spiro atoms. The molecule has 0 atom stereocenters. The number of carbonyl (C=O) groups excluding carboxylic acids is 1. The van der Waals surface area contributed by atoms with E-state index in [9.17, 15) is 9.59 Å². The second-order valence-corrected chi connectivity index (χ2v) is 6.69. The number of fused-ring (bicyclic) bond motifs is 1. The monoisotopic (exact) mass is 354 g/mol. The van der Waals surface area contributed by atoms with Crippen LogP contribution >= 0.6 is 0 Å². The fourth-order valence-electron chi connectivity index (χ4n) is 3.48. The molecule has 1 amide bonds. The average molecular weight is 354 g/mol. The summed E-state index contributed by atoms with van der Waals surface area (Å²) in [6, 6.07) is 9.66. The molecule has 1 aliphatic rings. The average Bonchev–Trinajstić information content (AvgIpc) is 2.92. The number of nitrogens with one attached hydrogen (secondary N) is 1. The smallest absolute Gasteiger partial charge is 0.257 e. The molecule has 1 N–H and O–H groups in total. The molecule has 26 heavy (non-hydrogen) atoms. The second kappa shape index (κ2) is 8.21. The van der Waals surface area contributed by atoms with Gasteiger partial charge in [-0.15, -0.1) is 0 Å². The molecule has 0 unspecified atom stereocenters. The molecule has 0 bridgehead atoms. The lowest BCUT2D eigenvalue weighted by atomic mass is 10.1. The van der Waals surface area contributed by atoms with Gasteiger partial charge in [-0.2, -0.15) is 0 Å². The molecule has 5 nitrogen and oxygen atoms in total. The third-order valence-electron chi connectivity index (χ3n) is 5.01. The highest BCUT2D eigenvalue weighted by Crippen LogP contribution is 2.24. The van der Waals surface area contributed by atoms with Gasteiger partial charge in [-0.05, 0) is 36.8 Å². The Balaban J connectivity index is 1.86. The van der Waals surface area contributed by atoms with Crippen LogP contribution in [-0.2, 0) is 25.9 Å². The third-order valence-corrected chi connectivity index (χ3v) is 5.01. The summed E-state index contributed by atoms with van der Waals surface area (Å²) in [5.41, 5.74) is 3.53. The number of aromatic nitrogens is 1. The van der Waals surface area contributed by atoms with Crippen LogP contribution in [0.25, 0.3) is 0 Å². The first-order valence-corrected chi connectivity index (χ1v) is 9.30. The Labute approximate surface area is 154 Å². The molecule has 0 saturated carbocycles. The van der Waals surface area contributed by atoms with Gasteiger partial charge in [-0.25, -0.2) is 0 Å². The summed E-state index contributed by atoms with van der Waals surface area (Å²) in [7, 11) is 1.50. The van der Waals surface area contributed by atoms with Gasteiger partial charge in [-0.1, -0.05) is 37.6 Å². The molecule has 0 saturated heterocycles. The molecule has 1 aromatic heterocycles. The van der Waals surface area contributed by atoms with Crippen LogP contribution in [0.15, 0.2) is 35.1 Å². The standard InChI is InChI=1S/C21H26N2O3/c1-3-15-8-10-16(11-9-15)14-22-21(25)20-17-7-5-4-6-12-23(17)19(24)13-18(20)26-2/h8-11,13H,3-7,12,14H2,1-2H3,(H,22,25). The van der Waals surface area contributed by atoms with Gasteiger partial charge in [0.25, 0.3) is 11.5 Å². The highest BCUT2D eigenvalue weighted by Gasteiger charge is 2.23. The number of benzene rings is 1. The predicted molar refractivity (Wildman–Crippen MR) is 102 cm³/mol. The summed E-state index contributed by atoms with van der Waals surface area (Å²) in [4.78, 5) is 25.3. The molecule has 0 fully saturated rings. The molecule has 5 heteroatoms. The van der Waals surface area contributed by atoms with Gasteiger partial charge in [0.05, 0.1) is 7.11 Å². The van der Waals surface area contributed by atoms with E-state index in [1.807, 2.05) is 12.1 Å². The van der Waals surface area contributed by atoms with E-state index >= 15 is 0 Å². The molecular formula is C21H26N2O3. The Hall–Kier alpha value is -2.56. The van der Waals surface area contributed by atoms with E-state index in [-0.39, 0.29) is 11.5 Å². The number of aryl methyl sites for hydroxylation is 1. The summed E-state index contributed by atoms with van der Waals surface area (Å²) in [5.74, 6) is 0.175. The number of rotatable bonds is 5. The van der Waals surface area contributed by atoms with E-state index < -0.39 is 0 Å². The van der Waals surface area contributed by atoms with E-state index in [4.69, 9.17) is 4.74 Å². The van der Waals surface area contributed by atoms with Crippen LogP contribution in [-0.4, -0.2) is 17.6 Å². The fourth-order valence-corrected chi connectivity index (χ4v) is 3.48. The Bertz CT molecular complexity index is 838. The van der Waals surface area contributed by atoms with Crippen molar-refractivity contribution < 1.29 is 9.53 Å². The number of pyridine rings is 1. The molecule has 0 aliphatic carbocycles. The van der Waals surface area contributed by atoms with Crippen LogP contribution in [0.4, 0.5) is 0 Å². The lowest BCUT2D eigenvalue weighted by molar-refractivity contribution is 0.0945. The van der Waals surface area contributed by atoms with E-state index in [1.54, 1.807) is 4.57 Å². The SMILES string of the molecule is CCc1ccc(CNC(=O)c2c(OC)cc(=O)n3c2CCCCC3)cc1. The van der Waals surface area contributed by atoms with Gasteiger partial charge in [-0.3, -0.25) is 9.59 Å². The molecule has 2 heterocycles. The van der Waals surface area contributed by atoms with Crippen LogP contribution in [0.1, 0.15) is 53.4 Å². The van der Waals surface area contributed by atoms with Gasteiger partial charge in [0.1, 0.15) is 11.3 Å². The maximum Gasteiger partial charge on any atom is 0.257 e. The topological polar surface area (TPSA) is 60.3 Å². The molecule has 0 radical (unpaired) electrons. The molecule has 1 aliphatic heterocycles. The first-order chi connectivity index (χ1) is 12.6. The van der Waals surface area contributed by atoms with Crippen LogP contribution in [0, 0.1) is 0 Å². The van der Waals surface area contributed by atoms with E-state index in [0.717, 1.165) is 43.4 Å². The molecule has 1 aromatic carbocycles. The quantitative estimate of drug-likeness (QED) is 0.898. The van der Waals surface area contributed by atoms with Crippen molar-refractivity contribution in [1.29, 1.82) is 0 Å². The first kappa shape index (κ1) is 18.2. The molecule has 138 valence electrons. The summed E-state index contributed by atoms with van der Waals surface area (Å²) < 4.78 is 7.10. The Morgan fingerprint density at radius 1 is 1.15 bits per heavy atom. The Morgan fingerprint density at radius 2 is 1.88 bits per heavy atom. The number of nitrogens with zero attached hydrogens (tertiary/aromatic N) is 1. The predicted octanol–water partition coefficient (Wildman–Crippen LogP) is 3.08. The lowest BCUT2D eigenvalue weighted by Crippen LogP contribution is -2.30. The highest BCUT2D eigenvalue weighted by atomic mass is 16.5. The van der Waals surface area contributed by atoms with Crippen LogP contribution in [0.2, 0.25) is 0 Å². The van der Waals surface area contributed by atoms with Crippen molar-refractivity contribution in [3.05, 3.63) is 63.1 Å².